The van der Waals surface area contributed by atoms with Crippen molar-refractivity contribution in [1.82, 2.24) is 5.32 Å². The minimum atomic E-state index is -0.467. The first-order valence-electron chi connectivity index (χ1n) is 3.49. The summed E-state index contributed by atoms with van der Waals surface area (Å²) in [5, 5.41) is 2.46. The molecule has 1 atom stereocenters. The summed E-state index contributed by atoms with van der Waals surface area (Å²) >= 11 is 0. The van der Waals surface area contributed by atoms with Crippen molar-refractivity contribution in [2.24, 2.45) is 0 Å². The van der Waals surface area contributed by atoms with Gasteiger partial charge >= 0.3 is 6.09 Å². The summed E-state index contributed by atoms with van der Waals surface area (Å²) in [5.74, 6) is 2.36. The summed E-state index contributed by atoms with van der Waals surface area (Å²) in [6, 6.07) is -0.277. The summed E-state index contributed by atoms with van der Waals surface area (Å²) < 4.78 is 4.78. The van der Waals surface area contributed by atoms with Crippen LogP contribution in [-0.2, 0) is 4.74 Å². The Morgan fingerprint density at radius 2 is 2.09 bits per heavy atom. The molecule has 3 heteroatoms. The van der Waals surface area contributed by atoms with Crippen molar-refractivity contribution in [2.45, 2.75) is 32.9 Å². The maximum absolute atomic E-state index is 10.8. The molecule has 0 heterocycles. The van der Waals surface area contributed by atoms with Crippen molar-refractivity contribution < 1.29 is 9.53 Å². The van der Waals surface area contributed by atoms with Gasteiger partial charge in [-0.3, -0.25) is 0 Å². The van der Waals surface area contributed by atoms with Crippen molar-refractivity contribution in [1.29, 1.82) is 0 Å². The van der Waals surface area contributed by atoms with E-state index in [0.29, 0.717) is 0 Å². The summed E-state index contributed by atoms with van der Waals surface area (Å²) in [6.07, 6.45) is 4.45. The summed E-state index contributed by atoms with van der Waals surface area (Å²) in [4.78, 5) is 10.8. The molecule has 0 rings (SSSR count). The van der Waals surface area contributed by atoms with Gasteiger partial charge in [0.15, 0.2) is 0 Å². The van der Waals surface area contributed by atoms with E-state index in [9.17, 15) is 4.79 Å². The highest BCUT2D eigenvalue weighted by molar-refractivity contribution is 5.68. The third-order valence-electron chi connectivity index (χ3n) is 0.927. The average Bonchev–Trinajstić information content (AvgIpc) is 1.85. The first-order chi connectivity index (χ1) is 5.06. The molecule has 62 valence electrons. The first kappa shape index (κ1) is 9.83. The van der Waals surface area contributed by atoms with Crippen LogP contribution in [0.4, 0.5) is 4.79 Å². The third kappa shape index (κ3) is 5.28. The Morgan fingerprint density at radius 3 is 2.45 bits per heavy atom. The van der Waals surface area contributed by atoms with Crippen LogP contribution in [0.1, 0.15) is 20.8 Å². The van der Waals surface area contributed by atoms with Crippen LogP contribution in [0.25, 0.3) is 0 Å². The van der Waals surface area contributed by atoms with Crippen molar-refractivity contribution in [3.8, 4) is 12.3 Å². The second-order valence-electron chi connectivity index (χ2n) is 2.49. The highest BCUT2D eigenvalue weighted by Crippen LogP contribution is 1.89. The molecule has 0 aliphatic rings. The summed E-state index contributed by atoms with van der Waals surface area (Å²) in [6.45, 7) is 5.27. The van der Waals surface area contributed by atoms with Gasteiger partial charge < -0.3 is 10.1 Å². The quantitative estimate of drug-likeness (QED) is 0.607. The molecule has 0 fully saturated rings. The molecular formula is C8H13NO2. The molecule has 1 amide bonds. The van der Waals surface area contributed by atoms with Gasteiger partial charge in [-0.15, -0.1) is 6.42 Å². The van der Waals surface area contributed by atoms with E-state index in [1.807, 2.05) is 0 Å². The van der Waals surface area contributed by atoms with Crippen molar-refractivity contribution in [2.75, 3.05) is 0 Å². The van der Waals surface area contributed by atoms with Gasteiger partial charge in [-0.1, -0.05) is 5.92 Å². The molecule has 3 nitrogen and oxygen atoms in total. The molecule has 0 aliphatic heterocycles. The number of hydrogen-bond donors (Lipinski definition) is 1. The number of rotatable bonds is 2. The van der Waals surface area contributed by atoms with E-state index in [1.165, 1.54) is 0 Å². The number of carbonyl (C=O) groups is 1. The van der Waals surface area contributed by atoms with E-state index in [-0.39, 0.29) is 12.1 Å². The van der Waals surface area contributed by atoms with Crippen LogP contribution < -0.4 is 5.32 Å². The number of nitrogens with one attached hydrogen (secondary N) is 1. The highest BCUT2D eigenvalue weighted by atomic mass is 16.6. The zero-order valence-corrected chi connectivity index (χ0v) is 7.05. The van der Waals surface area contributed by atoms with E-state index in [0.717, 1.165) is 0 Å². The van der Waals surface area contributed by atoms with Gasteiger partial charge in [0.2, 0.25) is 0 Å². The average molecular weight is 155 g/mol. The van der Waals surface area contributed by atoms with E-state index in [4.69, 9.17) is 11.2 Å². The van der Waals surface area contributed by atoms with Crippen LogP contribution in [0.3, 0.4) is 0 Å². The first-order valence-corrected chi connectivity index (χ1v) is 3.49. The molecule has 0 aromatic carbocycles. The molecule has 0 radical (unpaired) electrons. The van der Waals surface area contributed by atoms with Crippen LogP contribution in [0, 0.1) is 12.3 Å². The van der Waals surface area contributed by atoms with Crippen molar-refractivity contribution in [3.05, 3.63) is 0 Å². The topological polar surface area (TPSA) is 38.3 Å². The van der Waals surface area contributed by atoms with E-state index < -0.39 is 6.09 Å². The second kappa shape index (κ2) is 4.62. The number of amides is 1. The van der Waals surface area contributed by atoms with Gasteiger partial charge in [-0.2, -0.15) is 0 Å². The van der Waals surface area contributed by atoms with Crippen LogP contribution in [0.2, 0.25) is 0 Å². The van der Waals surface area contributed by atoms with Crippen LogP contribution in [0.15, 0.2) is 0 Å². The van der Waals surface area contributed by atoms with Crippen molar-refractivity contribution in [3.63, 3.8) is 0 Å². The normalized spacial score (nSPS) is 11.9. The lowest BCUT2D eigenvalue weighted by Crippen LogP contribution is -2.33. The molecule has 0 spiro atoms. The van der Waals surface area contributed by atoms with E-state index in [2.05, 4.69) is 11.2 Å². The third-order valence-corrected chi connectivity index (χ3v) is 0.927. The molecule has 0 aromatic heterocycles. The fourth-order valence-corrected chi connectivity index (χ4v) is 0.467. The van der Waals surface area contributed by atoms with Gasteiger partial charge in [0.1, 0.15) is 0 Å². The predicted octanol–water partition coefficient (Wildman–Crippen LogP) is 1.14. The van der Waals surface area contributed by atoms with Gasteiger partial charge in [-0.25, -0.2) is 4.79 Å². The van der Waals surface area contributed by atoms with Crippen molar-refractivity contribution >= 4 is 6.09 Å². The number of terminal acetylenes is 1. The van der Waals surface area contributed by atoms with Crippen LogP contribution in [-0.4, -0.2) is 18.2 Å². The number of ether oxygens (including phenoxy) is 1. The van der Waals surface area contributed by atoms with E-state index >= 15 is 0 Å². The molecule has 0 saturated heterocycles. The maximum Gasteiger partial charge on any atom is 0.408 e. The Balaban J connectivity index is 3.63. The number of hydrogen-bond acceptors (Lipinski definition) is 2. The minimum Gasteiger partial charge on any atom is -0.447 e. The minimum absolute atomic E-state index is 0.111. The highest BCUT2D eigenvalue weighted by Gasteiger charge is 2.06. The Morgan fingerprint density at radius 1 is 1.55 bits per heavy atom. The Bertz CT molecular complexity index is 169. The Kier molecular flexibility index (Phi) is 4.12. The summed E-state index contributed by atoms with van der Waals surface area (Å²) in [5.41, 5.74) is 0. The standard InChI is InChI=1S/C8H13NO2/c1-5-7(4)9-8(10)11-6(2)3/h1,6-7H,2-4H3,(H,9,10). The molecule has 0 aromatic rings. The Labute approximate surface area is 67.1 Å². The fourth-order valence-electron chi connectivity index (χ4n) is 0.467. The lowest BCUT2D eigenvalue weighted by Gasteiger charge is -2.10. The number of carbonyl (C=O) groups excluding carboxylic acids is 1. The Hall–Kier alpha value is -1.17. The van der Waals surface area contributed by atoms with Gasteiger partial charge in [0, 0.05) is 0 Å². The second-order valence-corrected chi connectivity index (χ2v) is 2.49. The molecule has 1 unspecified atom stereocenters. The monoisotopic (exact) mass is 155 g/mol. The zero-order chi connectivity index (χ0) is 8.85. The maximum atomic E-state index is 10.8. The lowest BCUT2D eigenvalue weighted by molar-refractivity contribution is 0.114. The predicted molar refractivity (Wildman–Crippen MR) is 43.0 cm³/mol. The molecule has 0 bridgehead atoms. The lowest BCUT2D eigenvalue weighted by atomic mass is 10.4. The van der Waals surface area contributed by atoms with Gasteiger partial charge in [-0.05, 0) is 20.8 Å². The van der Waals surface area contributed by atoms with Crippen LogP contribution >= 0.6 is 0 Å². The van der Waals surface area contributed by atoms with Crippen LogP contribution in [0.5, 0.6) is 0 Å². The SMILES string of the molecule is C#CC(C)NC(=O)OC(C)C. The smallest absolute Gasteiger partial charge is 0.408 e. The van der Waals surface area contributed by atoms with Gasteiger partial charge in [0.25, 0.3) is 0 Å². The molecule has 1 N–H and O–H groups in total. The molecular weight excluding hydrogens is 142 g/mol. The number of alkyl carbamates (subject to hydrolysis) is 1. The fraction of sp³-hybridized carbons (Fsp3) is 0.625. The molecule has 0 saturated carbocycles. The summed E-state index contributed by atoms with van der Waals surface area (Å²) in [7, 11) is 0. The largest absolute Gasteiger partial charge is 0.447 e. The van der Waals surface area contributed by atoms with Gasteiger partial charge in [0.05, 0.1) is 12.1 Å². The molecule has 0 aliphatic carbocycles. The molecule has 11 heavy (non-hydrogen) atoms. The van der Waals surface area contributed by atoms with E-state index in [1.54, 1.807) is 20.8 Å². The zero-order valence-electron chi connectivity index (χ0n) is 7.05.